The van der Waals surface area contributed by atoms with Gasteiger partial charge in [-0.3, -0.25) is 4.79 Å². The standard InChI is InChI=1S/C17H24N2O4S/c1-2-3-7-16-17(20)18-14-12-13(8-9-15(14)23-16)24(21,22)19-10-5-4-6-11-19/h8-9,12,16H,2-7,10-11H2,1H3,(H,18,20)/t16-/m0/s1. The van der Waals surface area contributed by atoms with Crippen molar-refractivity contribution in [2.75, 3.05) is 18.4 Å². The van der Waals surface area contributed by atoms with Crippen LogP contribution in [0, 0.1) is 0 Å². The third kappa shape index (κ3) is 3.42. The number of sulfonamides is 1. The maximum absolute atomic E-state index is 12.7. The molecule has 1 aromatic rings. The molecule has 1 fully saturated rings. The van der Waals surface area contributed by atoms with E-state index in [1.54, 1.807) is 12.1 Å². The van der Waals surface area contributed by atoms with E-state index in [0.717, 1.165) is 32.1 Å². The summed E-state index contributed by atoms with van der Waals surface area (Å²) >= 11 is 0. The van der Waals surface area contributed by atoms with E-state index in [4.69, 9.17) is 4.74 Å². The molecular formula is C17H24N2O4S. The number of nitrogens with one attached hydrogen (secondary N) is 1. The van der Waals surface area contributed by atoms with E-state index in [-0.39, 0.29) is 10.8 Å². The van der Waals surface area contributed by atoms with Crippen molar-refractivity contribution in [1.82, 2.24) is 4.31 Å². The van der Waals surface area contributed by atoms with Gasteiger partial charge in [-0.15, -0.1) is 0 Å². The van der Waals surface area contributed by atoms with Gasteiger partial charge >= 0.3 is 0 Å². The van der Waals surface area contributed by atoms with Crippen LogP contribution in [0.25, 0.3) is 0 Å². The molecule has 2 heterocycles. The number of rotatable bonds is 5. The van der Waals surface area contributed by atoms with Gasteiger partial charge in [0, 0.05) is 13.1 Å². The molecule has 6 nitrogen and oxygen atoms in total. The fourth-order valence-corrected chi connectivity index (χ4v) is 4.67. The van der Waals surface area contributed by atoms with E-state index in [0.29, 0.717) is 30.9 Å². The molecule has 7 heteroatoms. The highest BCUT2D eigenvalue weighted by molar-refractivity contribution is 7.89. The molecular weight excluding hydrogens is 328 g/mol. The summed E-state index contributed by atoms with van der Waals surface area (Å²) in [5.41, 5.74) is 0.436. The molecule has 1 atom stereocenters. The summed E-state index contributed by atoms with van der Waals surface area (Å²) in [5, 5.41) is 2.79. The predicted octanol–water partition coefficient (Wildman–Crippen LogP) is 2.75. The summed E-state index contributed by atoms with van der Waals surface area (Å²) < 4.78 is 32.7. The van der Waals surface area contributed by atoms with Gasteiger partial charge in [0.15, 0.2) is 6.10 Å². The Kier molecular flexibility index (Phi) is 5.10. The monoisotopic (exact) mass is 352 g/mol. The van der Waals surface area contributed by atoms with E-state index in [1.807, 2.05) is 0 Å². The van der Waals surface area contributed by atoms with Crippen LogP contribution in [0.2, 0.25) is 0 Å². The van der Waals surface area contributed by atoms with Crippen molar-refractivity contribution < 1.29 is 17.9 Å². The van der Waals surface area contributed by atoms with E-state index in [9.17, 15) is 13.2 Å². The van der Waals surface area contributed by atoms with Crippen LogP contribution >= 0.6 is 0 Å². The summed E-state index contributed by atoms with van der Waals surface area (Å²) in [6.07, 6.45) is 4.92. The molecule has 2 aliphatic rings. The molecule has 132 valence electrons. The Hall–Kier alpha value is -1.60. The summed E-state index contributed by atoms with van der Waals surface area (Å²) in [5.74, 6) is 0.330. The van der Waals surface area contributed by atoms with Gasteiger partial charge in [-0.25, -0.2) is 8.42 Å². The molecule has 1 amide bonds. The highest BCUT2D eigenvalue weighted by Gasteiger charge is 2.30. The number of hydrogen-bond donors (Lipinski definition) is 1. The molecule has 0 unspecified atom stereocenters. The van der Waals surface area contributed by atoms with Gasteiger partial charge in [0.05, 0.1) is 10.6 Å². The second kappa shape index (κ2) is 7.11. The lowest BCUT2D eigenvalue weighted by Gasteiger charge is -2.28. The summed E-state index contributed by atoms with van der Waals surface area (Å²) in [6.45, 7) is 3.18. The Balaban J connectivity index is 1.82. The van der Waals surface area contributed by atoms with Crippen molar-refractivity contribution >= 4 is 21.6 Å². The van der Waals surface area contributed by atoms with Crippen LogP contribution in [0.4, 0.5) is 5.69 Å². The fraction of sp³-hybridized carbons (Fsp3) is 0.588. The molecule has 3 rings (SSSR count). The van der Waals surface area contributed by atoms with Crippen molar-refractivity contribution in [3.63, 3.8) is 0 Å². The molecule has 1 N–H and O–H groups in total. The minimum absolute atomic E-state index is 0.205. The zero-order valence-electron chi connectivity index (χ0n) is 14.0. The molecule has 0 aliphatic carbocycles. The van der Waals surface area contributed by atoms with Crippen LogP contribution in [-0.2, 0) is 14.8 Å². The topological polar surface area (TPSA) is 75.7 Å². The Morgan fingerprint density at radius 1 is 1.25 bits per heavy atom. The van der Waals surface area contributed by atoms with Crippen molar-refractivity contribution in [2.45, 2.75) is 56.4 Å². The molecule has 1 aromatic carbocycles. The minimum Gasteiger partial charge on any atom is -0.478 e. The maximum atomic E-state index is 12.7. The van der Waals surface area contributed by atoms with Crippen molar-refractivity contribution in [1.29, 1.82) is 0 Å². The summed E-state index contributed by atoms with van der Waals surface area (Å²) in [6, 6.07) is 4.72. The number of carbonyl (C=O) groups is 1. The SMILES string of the molecule is CCCC[C@@H]1Oc2ccc(S(=O)(=O)N3CCCCC3)cc2NC1=O. The lowest BCUT2D eigenvalue weighted by Crippen LogP contribution is -2.37. The van der Waals surface area contributed by atoms with Crippen LogP contribution in [0.1, 0.15) is 45.4 Å². The Bertz CT molecular complexity index is 711. The normalized spacial score (nSPS) is 21.7. The quantitative estimate of drug-likeness (QED) is 0.884. The first-order chi connectivity index (χ1) is 11.5. The summed E-state index contributed by atoms with van der Waals surface area (Å²) in [4.78, 5) is 12.3. The zero-order valence-corrected chi connectivity index (χ0v) is 14.8. The number of unbranched alkanes of at least 4 members (excludes halogenated alkanes) is 1. The van der Waals surface area contributed by atoms with Gasteiger partial charge in [0.25, 0.3) is 5.91 Å². The molecule has 0 aromatic heterocycles. The molecule has 0 bridgehead atoms. The number of nitrogens with zero attached hydrogens (tertiary/aromatic N) is 1. The van der Waals surface area contributed by atoms with Crippen molar-refractivity contribution in [3.8, 4) is 5.75 Å². The van der Waals surface area contributed by atoms with Crippen LogP contribution in [-0.4, -0.2) is 37.8 Å². The number of ether oxygens (including phenoxy) is 1. The smallest absolute Gasteiger partial charge is 0.265 e. The van der Waals surface area contributed by atoms with Gasteiger partial charge < -0.3 is 10.1 Å². The zero-order chi connectivity index (χ0) is 17.2. The Labute approximate surface area is 143 Å². The Morgan fingerprint density at radius 3 is 2.71 bits per heavy atom. The molecule has 1 saturated heterocycles. The van der Waals surface area contributed by atoms with Crippen LogP contribution in [0.3, 0.4) is 0 Å². The minimum atomic E-state index is -3.51. The van der Waals surface area contributed by atoms with Crippen molar-refractivity contribution in [2.24, 2.45) is 0 Å². The van der Waals surface area contributed by atoms with Crippen LogP contribution in [0.5, 0.6) is 5.75 Å². The van der Waals surface area contributed by atoms with Gasteiger partial charge in [-0.1, -0.05) is 19.8 Å². The molecule has 0 spiro atoms. The van der Waals surface area contributed by atoms with Crippen LogP contribution < -0.4 is 10.1 Å². The first-order valence-corrected chi connectivity index (χ1v) is 10.1. The van der Waals surface area contributed by atoms with E-state index < -0.39 is 16.1 Å². The first kappa shape index (κ1) is 17.2. The van der Waals surface area contributed by atoms with Gasteiger partial charge in [-0.05, 0) is 43.9 Å². The number of amides is 1. The lowest BCUT2D eigenvalue weighted by atomic mass is 10.1. The average Bonchev–Trinajstić information content (AvgIpc) is 2.60. The van der Waals surface area contributed by atoms with Gasteiger partial charge in [0.2, 0.25) is 10.0 Å². The highest BCUT2D eigenvalue weighted by atomic mass is 32.2. The third-order valence-corrected chi connectivity index (χ3v) is 6.44. The van der Waals surface area contributed by atoms with E-state index in [1.165, 1.54) is 10.4 Å². The first-order valence-electron chi connectivity index (χ1n) is 8.64. The number of anilines is 1. The predicted molar refractivity (Wildman–Crippen MR) is 91.6 cm³/mol. The number of carbonyl (C=O) groups excluding carboxylic acids is 1. The number of hydrogen-bond acceptors (Lipinski definition) is 4. The van der Waals surface area contributed by atoms with E-state index >= 15 is 0 Å². The second-order valence-electron chi connectivity index (χ2n) is 6.36. The largest absolute Gasteiger partial charge is 0.478 e. The molecule has 2 aliphatic heterocycles. The van der Waals surface area contributed by atoms with Gasteiger partial charge in [0.1, 0.15) is 5.75 Å². The van der Waals surface area contributed by atoms with Crippen LogP contribution in [0.15, 0.2) is 23.1 Å². The van der Waals surface area contributed by atoms with E-state index in [2.05, 4.69) is 12.2 Å². The fourth-order valence-electron chi connectivity index (χ4n) is 3.12. The molecule has 0 radical (unpaired) electrons. The molecule has 24 heavy (non-hydrogen) atoms. The Morgan fingerprint density at radius 2 is 2.00 bits per heavy atom. The number of fused-ring (bicyclic) bond motifs is 1. The maximum Gasteiger partial charge on any atom is 0.265 e. The molecule has 0 saturated carbocycles. The second-order valence-corrected chi connectivity index (χ2v) is 8.30. The number of piperidine rings is 1. The summed E-state index contributed by atoms with van der Waals surface area (Å²) in [7, 11) is -3.51. The average molecular weight is 352 g/mol. The van der Waals surface area contributed by atoms with Gasteiger partial charge in [-0.2, -0.15) is 4.31 Å². The number of benzene rings is 1. The highest BCUT2D eigenvalue weighted by Crippen LogP contribution is 2.34. The van der Waals surface area contributed by atoms with Crippen molar-refractivity contribution in [3.05, 3.63) is 18.2 Å². The lowest BCUT2D eigenvalue weighted by molar-refractivity contribution is -0.123. The third-order valence-electron chi connectivity index (χ3n) is 4.54.